The number of hydrogen-bond donors (Lipinski definition) is 1. The molecule has 2 aliphatic rings. The number of guanidine groups is 1. The number of aryl methyl sites for hydroxylation is 1. The van der Waals surface area contributed by atoms with Gasteiger partial charge in [0, 0.05) is 45.8 Å². The Kier molecular flexibility index (Phi) is 6.13. The molecule has 0 saturated carbocycles. The zero-order valence-corrected chi connectivity index (χ0v) is 18.1. The van der Waals surface area contributed by atoms with Crippen LogP contribution < -0.4 is 14.8 Å². The molecule has 0 radical (unpaired) electrons. The van der Waals surface area contributed by atoms with Crippen molar-refractivity contribution in [1.29, 1.82) is 0 Å². The van der Waals surface area contributed by atoms with Crippen molar-refractivity contribution in [3.05, 3.63) is 59.2 Å². The van der Waals surface area contributed by atoms with Gasteiger partial charge in [-0.05, 0) is 43.0 Å². The van der Waals surface area contributed by atoms with E-state index in [4.69, 9.17) is 14.2 Å². The van der Waals surface area contributed by atoms with Crippen molar-refractivity contribution in [3.8, 4) is 11.5 Å². The minimum atomic E-state index is -0.0279. The molecule has 0 bridgehead atoms. The second kappa shape index (κ2) is 8.96. The van der Waals surface area contributed by atoms with Crippen LogP contribution in [0.15, 0.2) is 47.5 Å². The highest BCUT2D eigenvalue weighted by Gasteiger charge is 2.36. The summed E-state index contributed by atoms with van der Waals surface area (Å²) in [5.41, 5.74) is 3.77. The Balaban J connectivity index is 1.48. The Labute approximate surface area is 178 Å². The van der Waals surface area contributed by atoms with Crippen molar-refractivity contribution >= 4 is 5.96 Å². The van der Waals surface area contributed by atoms with Gasteiger partial charge in [-0.1, -0.05) is 35.9 Å². The fourth-order valence-corrected chi connectivity index (χ4v) is 4.23. The van der Waals surface area contributed by atoms with Crippen LogP contribution in [-0.2, 0) is 16.7 Å². The summed E-state index contributed by atoms with van der Waals surface area (Å²) >= 11 is 0. The summed E-state index contributed by atoms with van der Waals surface area (Å²) in [5.74, 6) is 2.55. The zero-order valence-electron chi connectivity index (χ0n) is 18.1. The molecule has 30 heavy (non-hydrogen) atoms. The van der Waals surface area contributed by atoms with Crippen molar-refractivity contribution in [2.45, 2.75) is 31.7 Å². The second-order valence-corrected chi connectivity index (χ2v) is 8.20. The van der Waals surface area contributed by atoms with Gasteiger partial charge in [0.1, 0.15) is 0 Å². The average molecular weight is 410 g/mol. The van der Waals surface area contributed by atoms with Crippen LogP contribution in [0.3, 0.4) is 0 Å². The number of benzene rings is 2. The van der Waals surface area contributed by atoms with E-state index < -0.39 is 0 Å². The lowest BCUT2D eigenvalue weighted by atomic mass is 9.74. The van der Waals surface area contributed by atoms with Crippen LogP contribution in [0.2, 0.25) is 0 Å². The fraction of sp³-hybridized carbons (Fsp3) is 0.458. The highest BCUT2D eigenvalue weighted by molar-refractivity contribution is 5.79. The molecule has 6 heteroatoms. The molecule has 0 unspecified atom stereocenters. The van der Waals surface area contributed by atoms with Crippen LogP contribution in [-0.4, -0.2) is 51.5 Å². The normalized spacial score (nSPS) is 17.6. The minimum absolute atomic E-state index is 0.0279. The number of nitrogens with zero attached hydrogens (tertiary/aromatic N) is 2. The first-order valence-electron chi connectivity index (χ1n) is 10.5. The number of nitrogens with one attached hydrogen (secondary N) is 1. The van der Waals surface area contributed by atoms with Crippen LogP contribution in [0.1, 0.15) is 29.5 Å². The van der Waals surface area contributed by atoms with E-state index in [2.05, 4.69) is 65.6 Å². The van der Waals surface area contributed by atoms with E-state index >= 15 is 0 Å². The average Bonchev–Trinajstić information content (AvgIpc) is 3.24. The molecule has 1 fully saturated rings. The van der Waals surface area contributed by atoms with Gasteiger partial charge in [0.25, 0.3) is 0 Å². The van der Waals surface area contributed by atoms with Crippen molar-refractivity contribution < 1.29 is 14.2 Å². The summed E-state index contributed by atoms with van der Waals surface area (Å²) in [6.07, 6.45) is 1.91. The van der Waals surface area contributed by atoms with E-state index in [9.17, 15) is 0 Å². The maximum absolute atomic E-state index is 5.68. The molecule has 160 valence electrons. The van der Waals surface area contributed by atoms with E-state index in [1.54, 1.807) is 0 Å². The van der Waals surface area contributed by atoms with Gasteiger partial charge in [0.2, 0.25) is 6.79 Å². The SMILES string of the molecule is CN=C(NCC1(c2ccc3c(c2)OCO3)CCOCC1)N(C)Cc1ccc(C)cc1. The molecule has 2 aliphatic heterocycles. The van der Waals surface area contributed by atoms with Gasteiger partial charge >= 0.3 is 0 Å². The van der Waals surface area contributed by atoms with Crippen LogP contribution in [0, 0.1) is 6.92 Å². The standard InChI is InChI=1S/C24H31N3O3/c1-18-4-6-19(7-5-18)15-27(3)23(25-2)26-16-24(10-12-28-13-11-24)20-8-9-21-22(14-20)30-17-29-21/h4-9,14H,10-13,15-17H2,1-3H3,(H,25,26). The van der Waals surface area contributed by atoms with Crippen molar-refractivity contribution in [2.75, 3.05) is 40.6 Å². The summed E-state index contributed by atoms with van der Waals surface area (Å²) in [7, 11) is 3.91. The quantitative estimate of drug-likeness (QED) is 0.605. The number of fused-ring (bicyclic) bond motifs is 1. The Morgan fingerprint density at radius 1 is 1.07 bits per heavy atom. The molecular weight excluding hydrogens is 378 g/mol. The number of hydrogen-bond acceptors (Lipinski definition) is 4. The number of aliphatic imine (C=N–C) groups is 1. The van der Waals surface area contributed by atoms with Gasteiger partial charge in [0.15, 0.2) is 17.5 Å². The predicted molar refractivity (Wildman–Crippen MR) is 118 cm³/mol. The van der Waals surface area contributed by atoms with Crippen LogP contribution >= 0.6 is 0 Å². The van der Waals surface area contributed by atoms with E-state index in [0.717, 1.165) is 56.6 Å². The van der Waals surface area contributed by atoms with Gasteiger partial charge in [-0.25, -0.2) is 0 Å². The zero-order chi connectivity index (χ0) is 21.0. The monoisotopic (exact) mass is 409 g/mol. The molecule has 0 spiro atoms. The molecular formula is C24H31N3O3. The fourth-order valence-electron chi connectivity index (χ4n) is 4.23. The summed E-state index contributed by atoms with van der Waals surface area (Å²) in [4.78, 5) is 6.69. The minimum Gasteiger partial charge on any atom is -0.454 e. The Morgan fingerprint density at radius 2 is 1.80 bits per heavy atom. The Morgan fingerprint density at radius 3 is 2.53 bits per heavy atom. The third-order valence-corrected chi connectivity index (χ3v) is 6.13. The van der Waals surface area contributed by atoms with Gasteiger partial charge in [-0.15, -0.1) is 0 Å². The molecule has 2 aromatic rings. The second-order valence-electron chi connectivity index (χ2n) is 8.20. The summed E-state index contributed by atoms with van der Waals surface area (Å²) in [5, 5.41) is 3.63. The Bertz CT molecular complexity index is 889. The topological polar surface area (TPSA) is 55.3 Å². The molecule has 2 heterocycles. The van der Waals surface area contributed by atoms with E-state index in [0.29, 0.717) is 6.79 Å². The van der Waals surface area contributed by atoms with Crippen molar-refractivity contribution in [1.82, 2.24) is 10.2 Å². The lowest BCUT2D eigenvalue weighted by Gasteiger charge is -2.39. The molecule has 1 N–H and O–H groups in total. The lowest BCUT2D eigenvalue weighted by Crippen LogP contribution is -2.48. The van der Waals surface area contributed by atoms with Crippen LogP contribution in [0.25, 0.3) is 0 Å². The van der Waals surface area contributed by atoms with Gasteiger partial charge in [-0.2, -0.15) is 0 Å². The molecule has 6 nitrogen and oxygen atoms in total. The first-order chi connectivity index (χ1) is 14.6. The highest BCUT2D eigenvalue weighted by atomic mass is 16.7. The summed E-state index contributed by atoms with van der Waals surface area (Å²) < 4.78 is 16.8. The lowest BCUT2D eigenvalue weighted by molar-refractivity contribution is 0.0511. The molecule has 0 amide bonds. The maximum atomic E-state index is 5.68. The molecule has 0 atom stereocenters. The Hall–Kier alpha value is -2.73. The highest BCUT2D eigenvalue weighted by Crippen LogP contribution is 2.40. The number of rotatable bonds is 5. The van der Waals surface area contributed by atoms with E-state index in [-0.39, 0.29) is 5.41 Å². The van der Waals surface area contributed by atoms with Crippen LogP contribution in [0.4, 0.5) is 0 Å². The molecule has 1 saturated heterocycles. The number of ether oxygens (including phenoxy) is 3. The predicted octanol–water partition coefficient (Wildman–Crippen LogP) is 3.48. The van der Waals surface area contributed by atoms with Crippen LogP contribution in [0.5, 0.6) is 11.5 Å². The maximum Gasteiger partial charge on any atom is 0.231 e. The third-order valence-electron chi connectivity index (χ3n) is 6.13. The van der Waals surface area contributed by atoms with Crippen molar-refractivity contribution in [3.63, 3.8) is 0 Å². The van der Waals surface area contributed by atoms with E-state index in [1.807, 2.05) is 13.1 Å². The smallest absolute Gasteiger partial charge is 0.231 e. The first-order valence-corrected chi connectivity index (χ1v) is 10.5. The molecule has 4 rings (SSSR count). The third kappa shape index (κ3) is 4.38. The molecule has 0 aromatic heterocycles. The first kappa shape index (κ1) is 20.5. The van der Waals surface area contributed by atoms with Gasteiger partial charge in [-0.3, -0.25) is 4.99 Å². The molecule has 2 aromatic carbocycles. The largest absolute Gasteiger partial charge is 0.454 e. The van der Waals surface area contributed by atoms with Gasteiger partial charge < -0.3 is 24.4 Å². The summed E-state index contributed by atoms with van der Waals surface area (Å²) in [6, 6.07) is 15.0. The van der Waals surface area contributed by atoms with Crippen molar-refractivity contribution in [2.24, 2.45) is 4.99 Å². The molecule has 0 aliphatic carbocycles. The summed E-state index contributed by atoms with van der Waals surface area (Å²) in [6.45, 7) is 5.52. The van der Waals surface area contributed by atoms with E-state index in [1.165, 1.54) is 16.7 Å². The van der Waals surface area contributed by atoms with Gasteiger partial charge in [0.05, 0.1) is 0 Å².